The number of nitrogens with one attached hydrogen (secondary N) is 1. The number of aryl methyl sites for hydroxylation is 1. The van der Waals surface area contributed by atoms with E-state index in [1.54, 1.807) is 0 Å². The number of ether oxygens (including phenoxy) is 1. The summed E-state index contributed by atoms with van der Waals surface area (Å²) in [6, 6.07) is 3.79. The average molecular weight is 552 g/mol. The minimum atomic E-state index is -4.51. The first-order chi connectivity index (χ1) is 17.0. The molecule has 1 aromatic heterocycles. The van der Waals surface area contributed by atoms with Crippen LogP contribution in [-0.2, 0) is 13.5 Å². The van der Waals surface area contributed by atoms with Gasteiger partial charge in [0.05, 0.1) is 21.7 Å². The molecule has 1 aliphatic carbocycles. The number of amides is 1. The van der Waals surface area contributed by atoms with Crippen molar-refractivity contribution in [1.82, 2.24) is 15.1 Å². The van der Waals surface area contributed by atoms with Crippen LogP contribution in [0, 0.1) is 11.3 Å². The van der Waals surface area contributed by atoms with E-state index in [0.29, 0.717) is 18.8 Å². The Kier molecular flexibility index (Phi) is 8.48. The quantitative estimate of drug-likeness (QED) is 0.386. The molecular weight excluding hydrogens is 521 g/mol. The molecule has 1 fully saturated rings. The number of hydrogen-bond acceptors (Lipinski definition) is 4. The lowest BCUT2D eigenvalue weighted by molar-refractivity contribution is -0.211. The van der Waals surface area contributed by atoms with E-state index in [1.165, 1.54) is 23.9 Å². The molecule has 2 aromatic rings. The number of halogens is 6. The molecule has 1 aromatic carbocycles. The van der Waals surface area contributed by atoms with Gasteiger partial charge >= 0.3 is 12.8 Å². The standard InChI is InChI=1S/C25H31ClF5N3O3/c1-14-7-9-24(36,10-8-14)13-32-21(35)19-18(26)20(34(4)33-19)16-6-5-15(11-17(16)37-22(27)28)12-23(2,3)25(29,30)31/h5-6,11,14,22,36H,7-10,12-13H2,1-4H3,(H,32,35). The number of nitrogens with zero attached hydrogens (tertiary/aromatic N) is 2. The zero-order valence-electron chi connectivity index (χ0n) is 21.1. The molecule has 0 saturated heterocycles. The highest BCUT2D eigenvalue weighted by atomic mass is 35.5. The van der Waals surface area contributed by atoms with Crippen LogP contribution >= 0.6 is 11.6 Å². The first-order valence-electron chi connectivity index (χ1n) is 11.9. The molecule has 1 saturated carbocycles. The number of alkyl halides is 5. The number of aliphatic hydroxyl groups is 1. The van der Waals surface area contributed by atoms with Gasteiger partial charge in [0.1, 0.15) is 5.75 Å². The van der Waals surface area contributed by atoms with Gasteiger partial charge in [-0.2, -0.15) is 27.1 Å². The Morgan fingerprint density at radius 2 is 1.92 bits per heavy atom. The van der Waals surface area contributed by atoms with Gasteiger partial charge in [-0.1, -0.05) is 38.4 Å². The second-order valence-corrected chi connectivity index (χ2v) is 10.9. The summed E-state index contributed by atoms with van der Waals surface area (Å²) in [5, 5.41) is 17.4. The van der Waals surface area contributed by atoms with Crippen molar-refractivity contribution < 1.29 is 36.6 Å². The van der Waals surface area contributed by atoms with Crippen molar-refractivity contribution in [2.24, 2.45) is 18.4 Å². The lowest BCUT2D eigenvalue weighted by atomic mass is 9.79. The molecule has 0 bridgehead atoms. The van der Waals surface area contributed by atoms with Crippen LogP contribution in [0.25, 0.3) is 11.3 Å². The van der Waals surface area contributed by atoms with E-state index in [4.69, 9.17) is 11.6 Å². The fourth-order valence-electron chi connectivity index (χ4n) is 4.42. The Balaban J connectivity index is 1.89. The summed E-state index contributed by atoms with van der Waals surface area (Å²) in [6.45, 7) is 0.884. The van der Waals surface area contributed by atoms with Gasteiger partial charge in [-0.05, 0) is 55.7 Å². The molecule has 0 atom stereocenters. The van der Waals surface area contributed by atoms with Crippen LogP contribution in [0.1, 0.15) is 62.5 Å². The van der Waals surface area contributed by atoms with Gasteiger partial charge in [-0.15, -0.1) is 0 Å². The number of carbonyl (C=O) groups is 1. The van der Waals surface area contributed by atoms with Crippen molar-refractivity contribution in [2.45, 2.75) is 71.3 Å². The van der Waals surface area contributed by atoms with E-state index in [2.05, 4.69) is 22.1 Å². The largest absolute Gasteiger partial charge is 0.434 e. The van der Waals surface area contributed by atoms with Crippen molar-refractivity contribution >= 4 is 17.5 Å². The van der Waals surface area contributed by atoms with E-state index in [-0.39, 0.29) is 34.1 Å². The summed E-state index contributed by atoms with van der Waals surface area (Å²) in [6.07, 6.45) is -2.21. The fraction of sp³-hybridized carbons (Fsp3) is 0.600. The van der Waals surface area contributed by atoms with Crippen molar-refractivity contribution in [1.29, 1.82) is 0 Å². The number of benzene rings is 1. The van der Waals surface area contributed by atoms with E-state index in [0.717, 1.165) is 32.8 Å². The molecule has 2 N–H and O–H groups in total. The summed E-state index contributed by atoms with van der Waals surface area (Å²) in [5.41, 5.74) is -3.08. The Labute approximate surface area is 217 Å². The monoisotopic (exact) mass is 551 g/mol. The number of rotatable bonds is 8. The molecule has 1 amide bonds. The van der Waals surface area contributed by atoms with Gasteiger partial charge in [0.15, 0.2) is 5.69 Å². The van der Waals surface area contributed by atoms with E-state index < -0.39 is 41.9 Å². The van der Waals surface area contributed by atoms with Gasteiger partial charge in [0.2, 0.25) is 0 Å². The molecule has 1 aliphatic rings. The molecule has 0 unspecified atom stereocenters. The third-order valence-electron chi connectivity index (χ3n) is 6.92. The summed E-state index contributed by atoms with van der Waals surface area (Å²) >= 11 is 6.45. The topological polar surface area (TPSA) is 76.4 Å². The molecule has 6 nitrogen and oxygen atoms in total. The van der Waals surface area contributed by atoms with Gasteiger partial charge in [-0.3, -0.25) is 9.48 Å². The van der Waals surface area contributed by atoms with Gasteiger partial charge in [0, 0.05) is 19.2 Å². The highest BCUT2D eigenvalue weighted by Gasteiger charge is 2.47. The first kappa shape index (κ1) is 29.2. The fourth-order valence-corrected chi connectivity index (χ4v) is 4.76. The summed E-state index contributed by atoms with van der Waals surface area (Å²) in [5.74, 6) is -0.550. The molecular formula is C25H31ClF5N3O3. The van der Waals surface area contributed by atoms with Crippen LogP contribution in [0.3, 0.4) is 0 Å². The second kappa shape index (κ2) is 10.8. The maximum absolute atomic E-state index is 13.3. The Morgan fingerprint density at radius 3 is 2.49 bits per heavy atom. The molecule has 0 aliphatic heterocycles. The number of carbonyl (C=O) groups excluding carboxylic acids is 1. The van der Waals surface area contributed by atoms with Crippen molar-refractivity contribution in [3.05, 3.63) is 34.5 Å². The zero-order valence-corrected chi connectivity index (χ0v) is 21.8. The van der Waals surface area contributed by atoms with Crippen molar-refractivity contribution in [3.63, 3.8) is 0 Å². The molecule has 206 valence electrons. The molecule has 1 heterocycles. The maximum Gasteiger partial charge on any atom is 0.394 e. The van der Waals surface area contributed by atoms with Gasteiger partial charge in [-0.25, -0.2) is 0 Å². The number of hydrogen-bond donors (Lipinski definition) is 2. The van der Waals surface area contributed by atoms with Crippen LogP contribution < -0.4 is 10.1 Å². The average Bonchev–Trinajstić information content (AvgIpc) is 3.07. The second-order valence-electron chi connectivity index (χ2n) is 10.5. The van der Waals surface area contributed by atoms with Crippen LogP contribution in [-0.4, -0.2) is 45.7 Å². The highest BCUT2D eigenvalue weighted by molar-refractivity contribution is 6.36. The van der Waals surface area contributed by atoms with E-state index in [9.17, 15) is 31.9 Å². The SMILES string of the molecule is CC1CCC(O)(CNC(=O)c2nn(C)c(-c3ccc(CC(C)(C)C(F)(F)F)cc3OC(F)F)c2Cl)CC1. The molecule has 0 radical (unpaired) electrons. The summed E-state index contributed by atoms with van der Waals surface area (Å²) in [4.78, 5) is 12.8. The zero-order chi connectivity index (χ0) is 27.8. The van der Waals surface area contributed by atoms with Crippen molar-refractivity contribution in [2.75, 3.05) is 6.54 Å². The Hall–Kier alpha value is -2.40. The molecule has 37 heavy (non-hydrogen) atoms. The molecule has 3 rings (SSSR count). The van der Waals surface area contributed by atoms with Crippen LogP contribution in [0.2, 0.25) is 5.02 Å². The van der Waals surface area contributed by atoms with E-state index >= 15 is 0 Å². The molecule has 0 spiro atoms. The Morgan fingerprint density at radius 1 is 1.30 bits per heavy atom. The lowest BCUT2D eigenvalue weighted by Gasteiger charge is -2.34. The minimum absolute atomic E-state index is 0.00419. The Bertz CT molecular complexity index is 1130. The summed E-state index contributed by atoms with van der Waals surface area (Å²) < 4.78 is 72.3. The third kappa shape index (κ3) is 6.73. The van der Waals surface area contributed by atoms with Crippen molar-refractivity contribution in [3.8, 4) is 17.0 Å². The minimum Gasteiger partial charge on any atom is -0.434 e. The smallest absolute Gasteiger partial charge is 0.394 e. The van der Waals surface area contributed by atoms with Crippen LogP contribution in [0.4, 0.5) is 22.0 Å². The maximum atomic E-state index is 13.3. The van der Waals surface area contributed by atoms with Gasteiger partial charge < -0.3 is 15.2 Å². The third-order valence-corrected chi connectivity index (χ3v) is 7.28. The first-order valence-corrected chi connectivity index (χ1v) is 12.3. The predicted octanol–water partition coefficient (Wildman–Crippen LogP) is 6.14. The highest BCUT2D eigenvalue weighted by Crippen LogP contribution is 2.43. The predicted molar refractivity (Wildman–Crippen MR) is 129 cm³/mol. The van der Waals surface area contributed by atoms with E-state index in [1.807, 2.05) is 0 Å². The normalized spacial score (nSPS) is 20.8. The number of aromatic nitrogens is 2. The molecule has 12 heteroatoms. The van der Waals surface area contributed by atoms with Crippen LogP contribution in [0.15, 0.2) is 18.2 Å². The lowest BCUT2D eigenvalue weighted by Crippen LogP contribution is -2.45. The van der Waals surface area contributed by atoms with Gasteiger partial charge in [0.25, 0.3) is 5.91 Å². The summed E-state index contributed by atoms with van der Waals surface area (Å²) in [7, 11) is 1.45. The van der Waals surface area contributed by atoms with Crippen LogP contribution in [0.5, 0.6) is 5.75 Å².